The molecule has 30 heavy (non-hydrogen) atoms. The molecule has 0 bridgehead atoms. The van der Waals surface area contributed by atoms with Crippen molar-refractivity contribution in [3.05, 3.63) is 59.7 Å². The van der Waals surface area contributed by atoms with Gasteiger partial charge in [0.05, 0.1) is 0 Å². The highest BCUT2D eigenvalue weighted by Crippen LogP contribution is 2.29. The van der Waals surface area contributed by atoms with E-state index in [9.17, 15) is 9.59 Å². The van der Waals surface area contributed by atoms with Crippen molar-refractivity contribution < 1.29 is 14.3 Å². The van der Waals surface area contributed by atoms with Crippen LogP contribution in [0.5, 0.6) is 5.75 Å². The topological polar surface area (TPSA) is 58.6 Å². The molecule has 1 fully saturated rings. The van der Waals surface area contributed by atoms with Crippen molar-refractivity contribution in [3.8, 4) is 5.75 Å². The fourth-order valence-electron chi connectivity index (χ4n) is 3.75. The summed E-state index contributed by atoms with van der Waals surface area (Å²) in [5.74, 6) is 0.929. The normalized spacial score (nSPS) is 15.5. The average Bonchev–Trinajstić information content (AvgIpc) is 3.31. The summed E-state index contributed by atoms with van der Waals surface area (Å²) < 4.78 is 6.12. The maximum absolute atomic E-state index is 12.9. The molecule has 0 radical (unpaired) electrons. The number of para-hydroxylation sites is 1. The number of nitrogens with one attached hydrogen (secondary N) is 1. The molecule has 2 unspecified atom stereocenters. The molecule has 5 nitrogen and oxygen atoms in total. The summed E-state index contributed by atoms with van der Waals surface area (Å²) in [5, 5.41) is 2.93. The van der Waals surface area contributed by atoms with E-state index in [1.165, 1.54) is 0 Å². The number of likely N-dealkylation sites (tertiary alicyclic amines) is 1. The van der Waals surface area contributed by atoms with Crippen LogP contribution in [0.25, 0.3) is 0 Å². The second-order valence-electron chi connectivity index (χ2n) is 7.93. The summed E-state index contributed by atoms with van der Waals surface area (Å²) in [6.45, 7) is 7.84. The van der Waals surface area contributed by atoms with Gasteiger partial charge in [-0.05, 0) is 61.4 Å². The van der Waals surface area contributed by atoms with Crippen LogP contribution in [0.15, 0.2) is 48.5 Å². The lowest BCUT2D eigenvalue weighted by Gasteiger charge is -2.21. The average molecular weight is 409 g/mol. The van der Waals surface area contributed by atoms with Gasteiger partial charge in [0.15, 0.2) is 6.10 Å². The van der Waals surface area contributed by atoms with Crippen LogP contribution >= 0.6 is 0 Å². The van der Waals surface area contributed by atoms with E-state index in [0.29, 0.717) is 23.6 Å². The third kappa shape index (κ3) is 5.21. The van der Waals surface area contributed by atoms with Gasteiger partial charge in [0, 0.05) is 24.3 Å². The first-order chi connectivity index (χ1) is 14.5. The summed E-state index contributed by atoms with van der Waals surface area (Å²) >= 11 is 0. The smallest absolute Gasteiger partial charge is 0.265 e. The number of rotatable bonds is 8. The highest BCUT2D eigenvalue weighted by atomic mass is 16.5. The van der Waals surface area contributed by atoms with E-state index in [-0.39, 0.29) is 11.8 Å². The Labute approximate surface area is 179 Å². The lowest BCUT2D eigenvalue weighted by molar-refractivity contribution is -0.122. The number of benzene rings is 2. The van der Waals surface area contributed by atoms with E-state index >= 15 is 0 Å². The number of carbonyl (C=O) groups excluding carboxylic acids is 2. The number of hydrogen-bond acceptors (Lipinski definition) is 3. The summed E-state index contributed by atoms with van der Waals surface area (Å²) in [5.41, 5.74) is 2.33. The predicted octanol–water partition coefficient (Wildman–Crippen LogP) is 5.23. The molecule has 0 aromatic heterocycles. The Morgan fingerprint density at radius 2 is 1.77 bits per heavy atom. The first-order valence-corrected chi connectivity index (χ1v) is 11.0. The van der Waals surface area contributed by atoms with Crippen LogP contribution in [0.1, 0.15) is 68.3 Å². The van der Waals surface area contributed by atoms with Crippen LogP contribution in [0.4, 0.5) is 5.69 Å². The second kappa shape index (κ2) is 10.3. The van der Waals surface area contributed by atoms with Gasteiger partial charge in [0.1, 0.15) is 5.75 Å². The van der Waals surface area contributed by atoms with E-state index in [4.69, 9.17) is 4.74 Å². The Balaban J connectivity index is 1.70. The van der Waals surface area contributed by atoms with Gasteiger partial charge in [-0.3, -0.25) is 9.59 Å². The molecular formula is C25H32N2O3. The SMILES string of the molecule is CCC(Oc1ccccc1C(C)CC)C(=O)Nc1cccc(C(=O)N2CCCC2)c1. The van der Waals surface area contributed by atoms with Crippen LogP contribution in [-0.2, 0) is 4.79 Å². The largest absolute Gasteiger partial charge is 0.480 e. The van der Waals surface area contributed by atoms with Gasteiger partial charge >= 0.3 is 0 Å². The van der Waals surface area contributed by atoms with Crippen molar-refractivity contribution in [3.63, 3.8) is 0 Å². The predicted molar refractivity (Wildman–Crippen MR) is 120 cm³/mol. The van der Waals surface area contributed by atoms with Gasteiger partial charge < -0.3 is 15.0 Å². The van der Waals surface area contributed by atoms with Crippen LogP contribution in [0.3, 0.4) is 0 Å². The Kier molecular flexibility index (Phi) is 7.50. The molecule has 2 atom stereocenters. The van der Waals surface area contributed by atoms with Crippen LogP contribution in [-0.4, -0.2) is 35.9 Å². The molecule has 2 amide bonds. The molecule has 5 heteroatoms. The third-order valence-corrected chi connectivity index (χ3v) is 5.77. The zero-order valence-electron chi connectivity index (χ0n) is 18.2. The summed E-state index contributed by atoms with van der Waals surface area (Å²) in [6.07, 6.45) is 3.05. The van der Waals surface area contributed by atoms with Gasteiger partial charge in [0.2, 0.25) is 0 Å². The van der Waals surface area contributed by atoms with Crippen molar-refractivity contribution >= 4 is 17.5 Å². The Hall–Kier alpha value is -2.82. The lowest BCUT2D eigenvalue weighted by atomic mass is 9.98. The molecule has 0 spiro atoms. The quantitative estimate of drug-likeness (QED) is 0.650. The Bertz CT molecular complexity index is 874. The second-order valence-corrected chi connectivity index (χ2v) is 7.93. The van der Waals surface area contributed by atoms with Gasteiger partial charge in [0.25, 0.3) is 11.8 Å². The lowest BCUT2D eigenvalue weighted by Crippen LogP contribution is -2.33. The zero-order valence-corrected chi connectivity index (χ0v) is 18.2. The molecule has 0 saturated carbocycles. The Morgan fingerprint density at radius 1 is 1.03 bits per heavy atom. The highest BCUT2D eigenvalue weighted by Gasteiger charge is 2.22. The number of carbonyl (C=O) groups is 2. The fraction of sp³-hybridized carbons (Fsp3) is 0.440. The van der Waals surface area contributed by atoms with Crippen LogP contribution < -0.4 is 10.1 Å². The molecule has 1 saturated heterocycles. The number of anilines is 1. The maximum atomic E-state index is 12.9. The minimum Gasteiger partial charge on any atom is -0.480 e. The molecule has 3 rings (SSSR count). The molecular weight excluding hydrogens is 376 g/mol. The monoisotopic (exact) mass is 408 g/mol. The minimum absolute atomic E-state index is 0.0226. The van der Waals surface area contributed by atoms with Gasteiger partial charge in [-0.25, -0.2) is 0 Å². The fourth-order valence-corrected chi connectivity index (χ4v) is 3.75. The van der Waals surface area contributed by atoms with Crippen molar-refractivity contribution in [1.29, 1.82) is 0 Å². The first kappa shape index (κ1) is 21.9. The molecule has 1 heterocycles. The standard InChI is InChI=1S/C25H32N2O3/c1-4-18(3)21-13-6-7-14-23(21)30-22(5-2)24(28)26-20-12-10-11-19(17-20)25(29)27-15-8-9-16-27/h6-7,10-14,17-18,22H,4-5,8-9,15-16H2,1-3H3,(H,26,28). The summed E-state index contributed by atoms with van der Waals surface area (Å²) in [6, 6.07) is 15.1. The number of hydrogen-bond donors (Lipinski definition) is 1. The van der Waals surface area contributed by atoms with Crippen molar-refractivity contribution in [2.24, 2.45) is 0 Å². The van der Waals surface area contributed by atoms with E-state index in [0.717, 1.165) is 43.7 Å². The molecule has 1 aliphatic rings. The van der Waals surface area contributed by atoms with E-state index in [1.54, 1.807) is 24.3 Å². The maximum Gasteiger partial charge on any atom is 0.265 e. The van der Waals surface area contributed by atoms with Crippen LogP contribution in [0, 0.1) is 0 Å². The number of ether oxygens (including phenoxy) is 1. The minimum atomic E-state index is -0.604. The Morgan fingerprint density at radius 3 is 2.47 bits per heavy atom. The molecule has 1 N–H and O–H groups in total. The van der Waals surface area contributed by atoms with Crippen molar-refractivity contribution in [2.45, 2.75) is 58.5 Å². The summed E-state index contributed by atoms with van der Waals surface area (Å²) in [7, 11) is 0. The third-order valence-electron chi connectivity index (χ3n) is 5.77. The van der Waals surface area contributed by atoms with Gasteiger partial charge in [-0.2, -0.15) is 0 Å². The molecule has 2 aromatic carbocycles. The van der Waals surface area contributed by atoms with E-state index in [1.807, 2.05) is 30.0 Å². The number of nitrogens with zero attached hydrogens (tertiary/aromatic N) is 1. The molecule has 2 aromatic rings. The van der Waals surface area contributed by atoms with E-state index < -0.39 is 6.10 Å². The molecule has 1 aliphatic heterocycles. The highest BCUT2D eigenvalue weighted by molar-refractivity contribution is 5.98. The summed E-state index contributed by atoms with van der Waals surface area (Å²) in [4.78, 5) is 27.4. The van der Waals surface area contributed by atoms with Crippen LogP contribution in [0.2, 0.25) is 0 Å². The first-order valence-electron chi connectivity index (χ1n) is 11.0. The number of amides is 2. The van der Waals surface area contributed by atoms with Crippen molar-refractivity contribution in [2.75, 3.05) is 18.4 Å². The van der Waals surface area contributed by atoms with Crippen molar-refractivity contribution in [1.82, 2.24) is 4.90 Å². The molecule has 160 valence electrons. The molecule has 0 aliphatic carbocycles. The van der Waals surface area contributed by atoms with E-state index in [2.05, 4.69) is 25.2 Å². The van der Waals surface area contributed by atoms with Gasteiger partial charge in [-0.15, -0.1) is 0 Å². The zero-order chi connectivity index (χ0) is 21.5. The van der Waals surface area contributed by atoms with Gasteiger partial charge in [-0.1, -0.05) is 45.0 Å².